The first-order valence-electron chi connectivity index (χ1n) is 7.48. The van der Waals surface area contributed by atoms with Gasteiger partial charge in [-0.05, 0) is 48.9 Å². The molecular weight excluding hydrogens is 309 g/mol. The van der Waals surface area contributed by atoms with Crippen LogP contribution in [0.2, 0.25) is 0 Å². The van der Waals surface area contributed by atoms with Crippen molar-refractivity contribution in [3.63, 3.8) is 0 Å². The van der Waals surface area contributed by atoms with Crippen molar-refractivity contribution in [3.05, 3.63) is 59.4 Å². The normalized spacial score (nSPS) is 10.2. The van der Waals surface area contributed by atoms with E-state index in [1.165, 1.54) is 17.0 Å². The van der Waals surface area contributed by atoms with Gasteiger partial charge in [0.25, 0.3) is 5.91 Å². The number of anilines is 2. The second-order valence-corrected chi connectivity index (χ2v) is 5.64. The van der Waals surface area contributed by atoms with Gasteiger partial charge in [-0.15, -0.1) is 0 Å². The van der Waals surface area contributed by atoms with E-state index in [1.807, 2.05) is 0 Å². The first-order valence-corrected chi connectivity index (χ1v) is 7.48. The number of amides is 2. The molecule has 2 aromatic rings. The van der Waals surface area contributed by atoms with Gasteiger partial charge in [0.15, 0.2) is 0 Å². The van der Waals surface area contributed by atoms with E-state index in [1.54, 1.807) is 51.4 Å². The topological polar surface area (TPSA) is 61.4 Å². The van der Waals surface area contributed by atoms with Gasteiger partial charge in [0.1, 0.15) is 5.82 Å². The van der Waals surface area contributed by atoms with E-state index in [0.717, 1.165) is 5.56 Å². The highest BCUT2D eigenvalue weighted by Gasteiger charge is 2.10. The van der Waals surface area contributed by atoms with E-state index in [9.17, 15) is 14.0 Å². The van der Waals surface area contributed by atoms with Crippen molar-refractivity contribution in [2.24, 2.45) is 0 Å². The van der Waals surface area contributed by atoms with Crippen molar-refractivity contribution in [1.82, 2.24) is 4.90 Å². The molecule has 0 heterocycles. The van der Waals surface area contributed by atoms with Crippen LogP contribution < -0.4 is 10.6 Å². The fourth-order valence-corrected chi connectivity index (χ4v) is 2.19. The fraction of sp³-hybridized carbons (Fsp3) is 0.222. The molecule has 24 heavy (non-hydrogen) atoms. The van der Waals surface area contributed by atoms with Gasteiger partial charge < -0.3 is 15.5 Å². The van der Waals surface area contributed by atoms with Gasteiger partial charge in [-0.1, -0.05) is 6.07 Å². The summed E-state index contributed by atoms with van der Waals surface area (Å²) in [6.45, 7) is 1.80. The Morgan fingerprint density at radius 2 is 1.88 bits per heavy atom. The van der Waals surface area contributed by atoms with Gasteiger partial charge in [-0.25, -0.2) is 4.39 Å². The van der Waals surface area contributed by atoms with E-state index < -0.39 is 0 Å². The minimum Gasteiger partial charge on any atom is -0.376 e. The number of hydrogen-bond acceptors (Lipinski definition) is 3. The lowest BCUT2D eigenvalue weighted by Gasteiger charge is -2.12. The van der Waals surface area contributed by atoms with Crippen LogP contribution in [0.5, 0.6) is 0 Å². The molecule has 0 bridgehead atoms. The zero-order valence-corrected chi connectivity index (χ0v) is 13.9. The molecule has 6 heteroatoms. The van der Waals surface area contributed by atoms with Crippen molar-refractivity contribution < 1.29 is 14.0 Å². The number of aryl methyl sites for hydroxylation is 1. The Labute approximate surface area is 140 Å². The third-order valence-corrected chi connectivity index (χ3v) is 3.43. The maximum absolute atomic E-state index is 13.1. The average Bonchev–Trinajstić information content (AvgIpc) is 2.53. The second-order valence-electron chi connectivity index (χ2n) is 5.64. The lowest BCUT2D eigenvalue weighted by atomic mass is 10.2. The summed E-state index contributed by atoms with van der Waals surface area (Å²) in [5.41, 5.74) is 2.47. The van der Waals surface area contributed by atoms with Crippen LogP contribution in [0, 0.1) is 12.7 Å². The Morgan fingerprint density at radius 3 is 2.54 bits per heavy atom. The molecule has 0 fully saturated rings. The molecule has 0 spiro atoms. The highest BCUT2D eigenvalue weighted by atomic mass is 19.1. The van der Waals surface area contributed by atoms with Crippen molar-refractivity contribution in [2.45, 2.75) is 6.92 Å². The fourth-order valence-electron chi connectivity index (χ4n) is 2.19. The third-order valence-electron chi connectivity index (χ3n) is 3.43. The Hall–Kier alpha value is -2.89. The number of carbonyl (C=O) groups is 2. The van der Waals surface area contributed by atoms with Gasteiger partial charge in [-0.2, -0.15) is 0 Å². The number of nitrogens with one attached hydrogen (secondary N) is 2. The van der Waals surface area contributed by atoms with Crippen LogP contribution in [0.1, 0.15) is 15.9 Å². The molecule has 0 radical (unpaired) electrons. The summed E-state index contributed by atoms with van der Waals surface area (Å²) >= 11 is 0. The SMILES string of the molecule is Cc1cc(F)ccc1NCC(=O)Nc1cccc(C(=O)N(C)C)c1. The predicted molar refractivity (Wildman–Crippen MR) is 92.7 cm³/mol. The van der Waals surface area contributed by atoms with Crippen LogP contribution in [-0.2, 0) is 4.79 Å². The maximum atomic E-state index is 13.1. The molecular formula is C18H20FN3O2. The molecule has 0 saturated heterocycles. The Balaban J connectivity index is 1.97. The van der Waals surface area contributed by atoms with E-state index in [-0.39, 0.29) is 24.2 Å². The van der Waals surface area contributed by atoms with Crippen LogP contribution in [-0.4, -0.2) is 37.4 Å². The largest absolute Gasteiger partial charge is 0.376 e. The molecule has 126 valence electrons. The number of rotatable bonds is 5. The maximum Gasteiger partial charge on any atom is 0.253 e. The zero-order chi connectivity index (χ0) is 17.7. The van der Waals surface area contributed by atoms with Gasteiger partial charge in [0.2, 0.25) is 5.91 Å². The summed E-state index contributed by atoms with van der Waals surface area (Å²) in [4.78, 5) is 25.4. The quantitative estimate of drug-likeness (QED) is 0.887. The Bertz CT molecular complexity index is 760. The minimum absolute atomic E-state index is 0.0400. The zero-order valence-electron chi connectivity index (χ0n) is 13.9. The highest BCUT2D eigenvalue weighted by molar-refractivity contribution is 5.98. The van der Waals surface area contributed by atoms with Crippen molar-refractivity contribution in [2.75, 3.05) is 31.3 Å². The molecule has 0 aliphatic carbocycles. The number of halogens is 1. The summed E-state index contributed by atoms with van der Waals surface area (Å²) in [5, 5.41) is 5.69. The predicted octanol–water partition coefficient (Wildman–Crippen LogP) is 2.89. The summed E-state index contributed by atoms with van der Waals surface area (Å²) in [5.74, 6) is -0.704. The Morgan fingerprint density at radius 1 is 1.12 bits per heavy atom. The van der Waals surface area contributed by atoms with E-state index in [2.05, 4.69) is 10.6 Å². The molecule has 2 N–H and O–H groups in total. The first-order chi connectivity index (χ1) is 11.4. The average molecular weight is 329 g/mol. The molecule has 2 rings (SSSR count). The lowest BCUT2D eigenvalue weighted by molar-refractivity contribution is -0.114. The van der Waals surface area contributed by atoms with Crippen LogP contribution in [0.4, 0.5) is 15.8 Å². The van der Waals surface area contributed by atoms with Crippen molar-refractivity contribution >= 4 is 23.2 Å². The van der Waals surface area contributed by atoms with Gasteiger partial charge in [-0.3, -0.25) is 9.59 Å². The summed E-state index contributed by atoms with van der Waals surface area (Å²) in [6, 6.07) is 11.1. The Kier molecular flexibility index (Phi) is 5.52. The monoisotopic (exact) mass is 329 g/mol. The van der Waals surface area contributed by atoms with Crippen LogP contribution in [0.3, 0.4) is 0 Å². The van der Waals surface area contributed by atoms with E-state index in [0.29, 0.717) is 16.9 Å². The first kappa shape index (κ1) is 17.5. The van der Waals surface area contributed by atoms with E-state index in [4.69, 9.17) is 0 Å². The van der Waals surface area contributed by atoms with Crippen LogP contribution in [0.15, 0.2) is 42.5 Å². The molecule has 0 aliphatic heterocycles. The highest BCUT2D eigenvalue weighted by Crippen LogP contribution is 2.16. The summed E-state index contributed by atoms with van der Waals surface area (Å²) < 4.78 is 13.1. The van der Waals surface area contributed by atoms with Gasteiger partial charge >= 0.3 is 0 Å². The van der Waals surface area contributed by atoms with Gasteiger partial charge in [0.05, 0.1) is 6.54 Å². The number of carbonyl (C=O) groups excluding carboxylic acids is 2. The van der Waals surface area contributed by atoms with Crippen LogP contribution >= 0.6 is 0 Å². The lowest BCUT2D eigenvalue weighted by Crippen LogP contribution is -2.23. The number of nitrogens with zero attached hydrogens (tertiary/aromatic N) is 1. The summed E-state index contributed by atoms with van der Waals surface area (Å²) in [6.07, 6.45) is 0. The molecule has 2 aromatic carbocycles. The van der Waals surface area contributed by atoms with E-state index >= 15 is 0 Å². The molecule has 5 nitrogen and oxygen atoms in total. The standard InChI is InChI=1S/C18H20FN3O2/c1-12-9-14(19)7-8-16(12)20-11-17(23)21-15-6-4-5-13(10-15)18(24)22(2)3/h4-10,20H,11H2,1-3H3,(H,21,23). The van der Waals surface area contributed by atoms with Crippen LogP contribution in [0.25, 0.3) is 0 Å². The number of hydrogen-bond donors (Lipinski definition) is 2. The molecule has 0 atom stereocenters. The minimum atomic E-state index is -0.315. The molecule has 0 aliphatic rings. The van der Waals surface area contributed by atoms with Crippen molar-refractivity contribution in [3.8, 4) is 0 Å². The molecule has 0 unspecified atom stereocenters. The number of benzene rings is 2. The van der Waals surface area contributed by atoms with Gasteiger partial charge in [0, 0.05) is 31.0 Å². The molecule has 2 amide bonds. The molecule has 0 saturated carbocycles. The summed E-state index contributed by atoms with van der Waals surface area (Å²) in [7, 11) is 3.34. The smallest absolute Gasteiger partial charge is 0.253 e. The van der Waals surface area contributed by atoms with Crippen molar-refractivity contribution in [1.29, 1.82) is 0 Å². The second kappa shape index (κ2) is 7.59. The molecule has 0 aromatic heterocycles. The third kappa shape index (κ3) is 4.55.